The van der Waals surface area contributed by atoms with Crippen LogP contribution in [-0.2, 0) is 0 Å². The zero-order valence-electron chi connectivity index (χ0n) is 5.37. The summed E-state index contributed by atoms with van der Waals surface area (Å²) in [6.45, 7) is 2.79. The normalized spacial score (nSPS) is 10.8. The van der Waals surface area contributed by atoms with Crippen molar-refractivity contribution in [3.8, 4) is 0 Å². The first-order chi connectivity index (χ1) is 4.43. The van der Waals surface area contributed by atoms with Gasteiger partial charge in [0.25, 0.3) is 0 Å². The molecule has 0 aliphatic heterocycles. The topological polar surface area (TPSA) is 25.5 Å². The minimum absolute atomic E-state index is 0.806. The van der Waals surface area contributed by atoms with Gasteiger partial charge < -0.3 is 4.42 Å². The zero-order valence-corrected chi connectivity index (χ0v) is 5.37. The van der Waals surface area contributed by atoms with Crippen molar-refractivity contribution in [3.63, 3.8) is 0 Å². The van der Waals surface area contributed by atoms with Crippen molar-refractivity contribution in [2.24, 2.45) is 4.99 Å². The maximum Gasteiger partial charge on any atom is 0.144 e. The number of hydrogen-bond acceptors (Lipinski definition) is 2. The van der Waals surface area contributed by atoms with Crippen LogP contribution >= 0.6 is 0 Å². The number of nitrogens with zero attached hydrogens (tertiary/aromatic N) is 1. The third-order valence-corrected chi connectivity index (χ3v) is 0.944. The van der Waals surface area contributed by atoms with Gasteiger partial charge in [-0.05, 0) is 19.1 Å². The van der Waals surface area contributed by atoms with E-state index < -0.39 is 0 Å². The molecule has 48 valence electrons. The maximum absolute atomic E-state index is 4.99. The predicted octanol–water partition coefficient (Wildman–Crippen LogP) is 1.72. The van der Waals surface area contributed by atoms with Crippen LogP contribution in [0.1, 0.15) is 12.7 Å². The second kappa shape index (κ2) is 3.07. The Morgan fingerprint density at radius 2 is 2.67 bits per heavy atom. The van der Waals surface area contributed by atoms with Gasteiger partial charge in [0.15, 0.2) is 0 Å². The molecule has 2 nitrogen and oxygen atoms in total. The van der Waals surface area contributed by atoms with Crippen LogP contribution in [0.25, 0.3) is 0 Å². The van der Waals surface area contributed by atoms with Crippen LogP contribution in [0.2, 0.25) is 0 Å². The molecule has 0 atom stereocenters. The molecule has 0 unspecified atom stereocenters. The molecule has 0 saturated heterocycles. The number of hydrogen-bond donors (Lipinski definition) is 0. The summed E-state index contributed by atoms with van der Waals surface area (Å²) in [5.41, 5.74) is 0. The highest BCUT2D eigenvalue weighted by Gasteiger charge is 1.84. The van der Waals surface area contributed by atoms with Gasteiger partial charge >= 0.3 is 0 Å². The summed E-state index contributed by atoms with van der Waals surface area (Å²) < 4.78 is 4.99. The first-order valence-corrected chi connectivity index (χ1v) is 2.97. The molecule has 9 heavy (non-hydrogen) atoms. The molecule has 0 bridgehead atoms. The van der Waals surface area contributed by atoms with Gasteiger partial charge in [0.05, 0.1) is 12.5 Å². The second-order valence-corrected chi connectivity index (χ2v) is 1.64. The van der Waals surface area contributed by atoms with E-state index in [1.54, 1.807) is 12.5 Å². The summed E-state index contributed by atoms with van der Waals surface area (Å²) >= 11 is 0. The lowest BCUT2D eigenvalue weighted by molar-refractivity contribution is 0.560. The molecule has 0 aliphatic rings. The Morgan fingerprint density at radius 1 is 1.78 bits per heavy atom. The van der Waals surface area contributed by atoms with E-state index >= 15 is 0 Å². The van der Waals surface area contributed by atoms with E-state index in [0.717, 1.165) is 12.3 Å². The zero-order chi connectivity index (χ0) is 6.53. The number of rotatable bonds is 2. The molecule has 1 heterocycles. The summed E-state index contributed by atoms with van der Waals surface area (Å²) in [6, 6.07) is 3.72. The van der Waals surface area contributed by atoms with E-state index in [-0.39, 0.29) is 0 Å². The molecule has 0 spiro atoms. The van der Waals surface area contributed by atoms with Crippen molar-refractivity contribution in [2.75, 3.05) is 6.54 Å². The molecule has 0 aromatic carbocycles. The van der Waals surface area contributed by atoms with E-state index in [2.05, 4.69) is 4.99 Å². The minimum atomic E-state index is 0.806. The van der Waals surface area contributed by atoms with Gasteiger partial charge in [-0.2, -0.15) is 0 Å². The van der Waals surface area contributed by atoms with Crippen molar-refractivity contribution in [1.82, 2.24) is 0 Å². The Balaban J connectivity index is 2.57. The molecular formula is C7H9NO. The first-order valence-electron chi connectivity index (χ1n) is 2.97. The Kier molecular flexibility index (Phi) is 2.07. The Bertz CT molecular complexity index is 177. The molecule has 0 radical (unpaired) electrons. The third-order valence-electron chi connectivity index (χ3n) is 0.944. The molecule has 1 aromatic rings. The highest BCUT2D eigenvalue weighted by molar-refractivity contribution is 5.75. The van der Waals surface area contributed by atoms with Crippen LogP contribution in [0.3, 0.4) is 0 Å². The molecule has 2 heteroatoms. The van der Waals surface area contributed by atoms with E-state index in [1.165, 1.54) is 0 Å². The SMILES string of the molecule is CC/N=C/c1ccco1. The van der Waals surface area contributed by atoms with Crippen LogP contribution in [0, 0.1) is 0 Å². The molecule has 0 aliphatic carbocycles. The van der Waals surface area contributed by atoms with Gasteiger partial charge in [-0.25, -0.2) is 0 Å². The lowest BCUT2D eigenvalue weighted by atomic mass is 10.5. The summed E-state index contributed by atoms with van der Waals surface area (Å²) in [5, 5.41) is 0. The monoisotopic (exact) mass is 123 g/mol. The van der Waals surface area contributed by atoms with Crippen molar-refractivity contribution in [1.29, 1.82) is 0 Å². The van der Waals surface area contributed by atoms with Crippen LogP contribution < -0.4 is 0 Å². The van der Waals surface area contributed by atoms with Crippen molar-refractivity contribution >= 4 is 6.21 Å². The minimum Gasteiger partial charge on any atom is -0.463 e. The van der Waals surface area contributed by atoms with Gasteiger partial charge in [-0.1, -0.05) is 0 Å². The molecule has 0 N–H and O–H groups in total. The highest BCUT2D eigenvalue weighted by atomic mass is 16.3. The Morgan fingerprint density at radius 3 is 3.22 bits per heavy atom. The van der Waals surface area contributed by atoms with E-state index in [4.69, 9.17) is 4.42 Å². The van der Waals surface area contributed by atoms with Crippen LogP contribution in [-0.4, -0.2) is 12.8 Å². The van der Waals surface area contributed by atoms with Crippen molar-refractivity contribution < 1.29 is 4.42 Å². The van der Waals surface area contributed by atoms with Gasteiger partial charge in [-0.3, -0.25) is 4.99 Å². The third kappa shape index (κ3) is 1.72. The summed E-state index contributed by atoms with van der Waals surface area (Å²) in [4.78, 5) is 4.00. The average molecular weight is 123 g/mol. The largest absolute Gasteiger partial charge is 0.463 e. The molecule has 0 amide bonds. The smallest absolute Gasteiger partial charge is 0.144 e. The van der Waals surface area contributed by atoms with Gasteiger partial charge in [-0.15, -0.1) is 0 Å². The van der Waals surface area contributed by atoms with Crippen molar-refractivity contribution in [2.45, 2.75) is 6.92 Å². The van der Waals surface area contributed by atoms with E-state index in [1.807, 2.05) is 19.1 Å². The fourth-order valence-corrected chi connectivity index (χ4v) is 0.546. The first kappa shape index (κ1) is 6.08. The lowest BCUT2D eigenvalue weighted by Crippen LogP contribution is -1.74. The molecule has 1 rings (SSSR count). The molecule has 0 fully saturated rings. The van der Waals surface area contributed by atoms with Crippen molar-refractivity contribution in [3.05, 3.63) is 24.2 Å². The number of aliphatic imine (C=N–C) groups is 1. The summed E-state index contributed by atoms with van der Waals surface area (Å²) in [5.74, 6) is 0.817. The molecule has 0 saturated carbocycles. The average Bonchev–Trinajstić information content (AvgIpc) is 2.34. The summed E-state index contributed by atoms with van der Waals surface area (Å²) in [6.07, 6.45) is 3.36. The van der Waals surface area contributed by atoms with Gasteiger partial charge in [0.1, 0.15) is 5.76 Å². The second-order valence-electron chi connectivity index (χ2n) is 1.64. The lowest BCUT2D eigenvalue weighted by Gasteiger charge is -1.79. The Hall–Kier alpha value is -1.05. The maximum atomic E-state index is 4.99. The van der Waals surface area contributed by atoms with Crippen LogP contribution in [0.4, 0.5) is 0 Å². The summed E-state index contributed by atoms with van der Waals surface area (Å²) in [7, 11) is 0. The molecular weight excluding hydrogens is 114 g/mol. The van der Waals surface area contributed by atoms with Gasteiger partial charge in [0, 0.05) is 6.54 Å². The molecule has 1 aromatic heterocycles. The van der Waals surface area contributed by atoms with Crippen LogP contribution in [0.5, 0.6) is 0 Å². The van der Waals surface area contributed by atoms with E-state index in [0.29, 0.717) is 0 Å². The standard InChI is InChI=1S/C7H9NO/c1-2-8-6-7-4-3-5-9-7/h3-6H,2H2,1H3/b8-6+. The quantitative estimate of drug-likeness (QED) is 0.550. The number of furan rings is 1. The Labute approximate surface area is 54.2 Å². The van der Waals surface area contributed by atoms with Gasteiger partial charge in [0.2, 0.25) is 0 Å². The van der Waals surface area contributed by atoms with Crippen LogP contribution in [0.15, 0.2) is 27.8 Å². The highest BCUT2D eigenvalue weighted by Crippen LogP contribution is 1.94. The predicted molar refractivity (Wildman–Crippen MR) is 36.8 cm³/mol. The fraction of sp³-hybridized carbons (Fsp3) is 0.286. The van der Waals surface area contributed by atoms with E-state index in [9.17, 15) is 0 Å². The fourth-order valence-electron chi connectivity index (χ4n) is 0.546.